The fourth-order valence-corrected chi connectivity index (χ4v) is 4.44. The molecule has 1 amide bonds. The van der Waals surface area contributed by atoms with Crippen LogP contribution in [-0.2, 0) is 16.0 Å². The number of rotatable bonds is 5. The molecule has 0 saturated carbocycles. The Bertz CT molecular complexity index is 1240. The summed E-state index contributed by atoms with van der Waals surface area (Å²) >= 11 is 3.16. The zero-order valence-corrected chi connectivity index (χ0v) is 18.0. The quantitative estimate of drug-likeness (QED) is 0.548. The van der Waals surface area contributed by atoms with Crippen LogP contribution in [0.15, 0.2) is 40.0 Å². The summed E-state index contributed by atoms with van der Waals surface area (Å²) in [7, 11) is -2.33. The minimum atomic E-state index is -4.77. The zero-order chi connectivity index (χ0) is 22.3. The Balaban J connectivity index is 2.15. The highest BCUT2D eigenvalue weighted by Gasteiger charge is 2.36. The fraction of sp³-hybridized carbons (Fsp3) is 0.235. The molecular weight excluding hydrogens is 491 g/mol. The lowest BCUT2D eigenvalue weighted by Crippen LogP contribution is -2.20. The van der Waals surface area contributed by atoms with Gasteiger partial charge in [0.2, 0.25) is 0 Å². The number of hydrogen-bond acceptors (Lipinski definition) is 6. The van der Waals surface area contributed by atoms with Gasteiger partial charge in [0.15, 0.2) is 21.2 Å². The number of pyridine rings is 1. The summed E-state index contributed by atoms with van der Waals surface area (Å²) in [4.78, 5) is 16.5. The van der Waals surface area contributed by atoms with Crippen molar-refractivity contribution in [3.8, 4) is 0 Å². The molecule has 0 saturated heterocycles. The number of benzene rings is 1. The van der Waals surface area contributed by atoms with Gasteiger partial charge in [0.1, 0.15) is 12.0 Å². The van der Waals surface area contributed by atoms with Crippen LogP contribution in [0.2, 0.25) is 0 Å². The minimum absolute atomic E-state index is 0.0888. The third kappa shape index (κ3) is 3.99. The summed E-state index contributed by atoms with van der Waals surface area (Å²) in [5.74, 6) is -1.14. The van der Waals surface area contributed by atoms with Crippen LogP contribution in [0.4, 0.5) is 24.5 Å². The molecule has 13 heteroatoms. The van der Waals surface area contributed by atoms with E-state index in [0.717, 1.165) is 6.33 Å². The second kappa shape index (κ2) is 7.87. The van der Waals surface area contributed by atoms with Crippen LogP contribution in [-0.4, -0.2) is 41.7 Å². The maximum absolute atomic E-state index is 13.5. The van der Waals surface area contributed by atoms with Crippen molar-refractivity contribution in [1.82, 2.24) is 14.6 Å². The Labute approximate surface area is 177 Å². The molecule has 1 aromatic carbocycles. The van der Waals surface area contributed by atoms with Gasteiger partial charge < -0.3 is 10.6 Å². The molecule has 0 bridgehead atoms. The van der Waals surface area contributed by atoms with Crippen LogP contribution < -0.4 is 10.6 Å². The number of carbonyl (C=O) groups is 1. The SMILES string of the molecule is CCS(=O)(=O)c1cc(Br)ccc1C(=O)Nc1cc(C(F)(F)F)n2ncnc2c1NC. The number of hydrogen-bond donors (Lipinski definition) is 2. The van der Waals surface area contributed by atoms with Gasteiger partial charge in [0.05, 0.1) is 21.9 Å². The average Bonchev–Trinajstić information content (AvgIpc) is 3.15. The molecule has 0 atom stereocenters. The van der Waals surface area contributed by atoms with E-state index in [1.165, 1.54) is 32.2 Å². The first kappa shape index (κ1) is 22.0. The minimum Gasteiger partial charge on any atom is -0.383 e. The largest absolute Gasteiger partial charge is 0.433 e. The molecule has 160 valence electrons. The lowest BCUT2D eigenvalue weighted by molar-refractivity contribution is -0.142. The van der Waals surface area contributed by atoms with Gasteiger partial charge in [-0.2, -0.15) is 18.3 Å². The summed E-state index contributed by atoms with van der Waals surface area (Å²) in [6.07, 6.45) is -3.82. The van der Waals surface area contributed by atoms with Crippen LogP contribution >= 0.6 is 15.9 Å². The van der Waals surface area contributed by atoms with Gasteiger partial charge in [-0.3, -0.25) is 4.79 Å². The number of aromatic nitrogens is 3. The first-order valence-electron chi connectivity index (χ1n) is 8.45. The Hall–Kier alpha value is -2.67. The van der Waals surface area contributed by atoms with Crippen molar-refractivity contribution >= 4 is 48.7 Å². The van der Waals surface area contributed by atoms with E-state index in [0.29, 0.717) is 15.1 Å². The number of halogens is 4. The summed E-state index contributed by atoms with van der Waals surface area (Å²) in [6.45, 7) is 1.42. The second-order valence-electron chi connectivity index (χ2n) is 6.06. The molecule has 0 radical (unpaired) electrons. The zero-order valence-electron chi connectivity index (χ0n) is 15.6. The standard InChI is InChI=1S/C17H15BrF3N5O3S/c1-3-30(28,29)12-6-9(18)4-5-10(12)16(27)25-11-7-13(17(19,20)21)26-15(14(11)22-2)23-8-24-26/h4-8,22H,3H2,1-2H3,(H,25,27). The normalized spacial score (nSPS) is 12.2. The lowest BCUT2D eigenvalue weighted by Gasteiger charge is -2.17. The molecule has 2 heterocycles. The monoisotopic (exact) mass is 505 g/mol. The van der Waals surface area contributed by atoms with Crippen molar-refractivity contribution in [1.29, 1.82) is 0 Å². The molecule has 3 aromatic rings. The summed E-state index contributed by atoms with van der Waals surface area (Å²) in [6, 6.07) is 4.72. The predicted octanol–water partition coefficient (Wildman–Crippen LogP) is 3.60. The van der Waals surface area contributed by atoms with Crippen molar-refractivity contribution in [2.75, 3.05) is 23.4 Å². The van der Waals surface area contributed by atoms with Gasteiger partial charge in [0, 0.05) is 11.5 Å². The number of amides is 1. The number of anilines is 2. The molecule has 0 aliphatic heterocycles. The molecule has 0 spiro atoms. The number of carbonyl (C=O) groups excluding carboxylic acids is 1. The predicted molar refractivity (Wildman–Crippen MR) is 107 cm³/mol. The third-order valence-corrected chi connectivity index (χ3v) is 6.50. The van der Waals surface area contributed by atoms with Crippen molar-refractivity contribution in [2.24, 2.45) is 0 Å². The Morgan fingerprint density at radius 1 is 1.27 bits per heavy atom. The van der Waals surface area contributed by atoms with Crippen molar-refractivity contribution in [3.63, 3.8) is 0 Å². The molecule has 3 rings (SSSR count). The summed E-state index contributed by atoms with van der Waals surface area (Å²) in [5, 5.41) is 8.65. The molecule has 2 aromatic heterocycles. The first-order chi connectivity index (χ1) is 14.0. The van der Waals surface area contributed by atoms with Gasteiger partial charge >= 0.3 is 6.18 Å². The lowest BCUT2D eigenvalue weighted by atomic mass is 10.2. The Kier molecular flexibility index (Phi) is 5.78. The molecular formula is C17H15BrF3N5O3S. The molecule has 0 unspecified atom stereocenters. The van der Waals surface area contributed by atoms with Crippen LogP contribution in [0.25, 0.3) is 5.65 Å². The highest BCUT2D eigenvalue weighted by Crippen LogP contribution is 2.36. The second-order valence-corrected chi connectivity index (χ2v) is 9.22. The van der Waals surface area contributed by atoms with E-state index in [1.54, 1.807) is 0 Å². The molecule has 0 fully saturated rings. The number of nitrogens with one attached hydrogen (secondary N) is 2. The van der Waals surface area contributed by atoms with Crippen LogP contribution in [0.1, 0.15) is 23.0 Å². The van der Waals surface area contributed by atoms with Gasteiger partial charge in [0.25, 0.3) is 5.91 Å². The smallest absolute Gasteiger partial charge is 0.383 e. The number of nitrogens with zero attached hydrogens (tertiary/aromatic N) is 3. The number of alkyl halides is 3. The first-order valence-corrected chi connectivity index (χ1v) is 10.9. The van der Waals surface area contributed by atoms with Crippen molar-refractivity contribution in [3.05, 3.63) is 46.3 Å². The van der Waals surface area contributed by atoms with E-state index in [2.05, 4.69) is 36.6 Å². The topological polar surface area (TPSA) is 105 Å². The van der Waals surface area contributed by atoms with Gasteiger partial charge in [-0.05, 0) is 24.3 Å². The molecule has 0 aliphatic rings. The molecule has 30 heavy (non-hydrogen) atoms. The van der Waals surface area contributed by atoms with Crippen molar-refractivity contribution in [2.45, 2.75) is 18.0 Å². The van der Waals surface area contributed by atoms with Gasteiger partial charge in [-0.1, -0.05) is 22.9 Å². The average molecular weight is 506 g/mol. The summed E-state index contributed by atoms with van der Waals surface area (Å²) < 4.78 is 66.3. The van der Waals surface area contributed by atoms with Crippen LogP contribution in [0, 0.1) is 0 Å². The highest BCUT2D eigenvalue weighted by atomic mass is 79.9. The number of fused-ring (bicyclic) bond motifs is 1. The van der Waals surface area contributed by atoms with Gasteiger partial charge in [-0.25, -0.2) is 17.9 Å². The maximum atomic E-state index is 13.5. The van der Waals surface area contributed by atoms with Crippen LogP contribution in [0.3, 0.4) is 0 Å². The van der Waals surface area contributed by atoms with Crippen LogP contribution in [0.5, 0.6) is 0 Å². The Morgan fingerprint density at radius 2 is 1.97 bits per heavy atom. The molecule has 2 N–H and O–H groups in total. The van der Waals surface area contributed by atoms with E-state index in [9.17, 15) is 26.4 Å². The van der Waals surface area contributed by atoms with Gasteiger partial charge in [-0.15, -0.1) is 0 Å². The van der Waals surface area contributed by atoms with E-state index in [-0.39, 0.29) is 33.2 Å². The fourth-order valence-electron chi connectivity index (χ4n) is 2.81. The molecule has 8 nitrogen and oxygen atoms in total. The highest BCUT2D eigenvalue weighted by molar-refractivity contribution is 9.10. The Morgan fingerprint density at radius 3 is 2.57 bits per heavy atom. The van der Waals surface area contributed by atoms with E-state index in [4.69, 9.17) is 0 Å². The van der Waals surface area contributed by atoms with Crippen molar-refractivity contribution < 1.29 is 26.4 Å². The third-order valence-electron chi connectivity index (χ3n) is 4.24. The van der Waals surface area contributed by atoms with E-state index < -0.39 is 27.6 Å². The maximum Gasteiger partial charge on any atom is 0.433 e. The van der Waals surface area contributed by atoms with E-state index in [1.807, 2.05) is 0 Å². The summed E-state index contributed by atoms with van der Waals surface area (Å²) in [5.41, 5.74) is -1.64. The number of sulfone groups is 1. The molecule has 0 aliphatic carbocycles. The van der Waals surface area contributed by atoms with E-state index >= 15 is 0 Å².